The highest BCUT2D eigenvalue weighted by molar-refractivity contribution is 5.91. The number of nitrogens with zero attached hydrogens (tertiary/aromatic N) is 1. The van der Waals surface area contributed by atoms with Crippen molar-refractivity contribution >= 4 is 11.7 Å². The summed E-state index contributed by atoms with van der Waals surface area (Å²) in [5.41, 5.74) is 0.619. The fraction of sp³-hybridized carbons (Fsp3) is 0.316. The minimum absolute atomic E-state index is 0.00438. The predicted octanol–water partition coefficient (Wildman–Crippen LogP) is 3.86. The molecule has 5 nitrogen and oxygen atoms in total. The number of nitrogens with one attached hydrogen (secondary N) is 1. The molecule has 1 atom stereocenters. The average molecular weight is 326 g/mol. The standard InChI is InChI=1S/C19H22N2O3/c22-14-15-8-6-7-13-21(15)19(23)20-17-11-4-5-12-18(17)24-16-9-2-1-3-10-16/h1-5,9-12,15,22H,6-8,13-14H2,(H,20,23)/t15-/m0/s1. The van der Waals surface area contributed by atoms with Crippen LogP contribution in [0.25, 0.3) is 0 Å². The number of benzene rings is 2. The Morgan fingerprint density at radius 2 is 1.88 bits per heavy atom. The molecule has 1 heterocycles. The van der Waals surface area contributed by atoms with Crippen LogP contribution in [-0.2, 0) is 0 Å². The number of anilines is 1. The number of likely N-dealkylation sites (tertiary alicyclic amines) is 1. The van der Waals surface area contributed by atoms with Crippen molar-refractivity contribution in [3.05, 3.63) is 54.6 Å². The fourth-order valence-electron chi connectivity index (χ4n) is 2.92. The molecule has 0 saturated carbocycles. The largest absolute Gasteiger partial charge is 0.455 e. The van der Waals surface area contributed by atoms with E-state index in [-0.39, 0.29) is 18.7 Å². The van der Waals surface area contributed by atoms with E-state index in [4.69, 9.17) is 4.74 Å². The molecule has 2 aromatic rings. The molecule has 0 spiro atoms. The zero-order valence-electron chi connectivity index (χ0n) is 13.5. The molecule has 1 aliphatic rings. The van der Waals surface area contributed by atoms with Gasteiger partial charge >= 0.3 is 6.03 Å². The van der Waals surface area contributed by atoms with Crippen LogP contribution in [0.2, 0.25) is 0 Å². The number of piperidine rings is 1. The summed E-state index contributed by atoms with van der Waals surface area (Å²) in [4.78, 5) is 14.3. The Kier molecular flexibility index (Phi) is 5.33. The van der Waals surface area contributed by atoms with Crippen molar-refractivity contribution in [2.75, 3.05) is 18.5 Å². The molecule has 1 saturated heterocycles. The molecule has 0 unspecified atom stereocenters. The minimum atomic E-state index is -0.196. The Bertz CT molecular complexity index is 675. The molecule has 126 valence electrons. The van der Waals surface area contributed by atoms with Gasteiger partial charge in [-0.1, -0.05) is 30.3 Å². The Morgan fingerprint density at radius 1 is 1.12 bits per heavy atom. The van der Waals surface area contributed by atoms with E-state index in [1.165, 1.54) is 0 Å². The molecule has 0 radical (unpaired) electrons. The van der Waals surface area contributed by atoms with E-state index in [0.29, 0.717) is 23.7 Å². The Balaban J connectivity index is 1.74. The monoisotopic (exact) mass is 326 g/mol. The summed E-state index contributed by atoms with van der Waals surface area (Å²) in [5, 5.41) is 12.4. The van der Waals surface area contributed by atoms with E-state index in [1.54, 1.807) is 4.90 Å². The summed E-state index contributed by atoms with van der Waals surface area (Å²) < 4.78 is 5.87. The molecule has 5 heteroatoms. The molecular weight excluding hydrogens is 304 g/mol. The zero-order chi connectivity index (χ0) is 16.8. The number of hydrogen-bond acceptors (Lipinski definition) is 3. The number of aliphatic hydroxyl groups is 1. The normalized spacial score (nSPS) is 17.4. The van der Waals surface area contributed by atoms with Crippen LogP contribution in [0.3, 0.4) is 0 Å². The first kappa shape index (κ1) is 16.3. The van der Waals surface area contributed by atoms with Crippen LogP contribution >= 0.6 is 0 Å². The fourth-order valence-corrected chi connectivity index (χ4v) is 2.92. The number of aliphatic hydroxyl groups excluding tert-OH is 1. The van der Waals surface area contributed by atoms with Crippen molar-refractivity contribution in [2.45, 2.75) is 25.3 Å². The first-order chi connectivity index (χ1) is 11.8. The van der Waals surface area contributed by atoms with Crippen molar-refractivity contribution in [1.29, 1.82) is 0 Å². The summed E-state index contributed by atoms with van der Waals surface area (Å²) in [6.07, 6.45) is 2.85. The third kappa shape index (κ3) is 3.86. The molecular formula is C19H22N2O3. The number of carbonyl (C=O) groups is 1. The molecule has 3 rings (SSSR count). The van der Waals surface area contributed by atoms with Crippen molar-refractivity contribution in [3.8, 4) is 11.5 Å². The smallest absolute Gasteiger partial charge is 0.322 e. The first-order valence-electron chi connectivity index (χ1n) is 8.28. The lowest BCUT2D eigenvalue weighted by Gasteiger charge is -2.34. The number of para-hydroxylation sites is 3. The molecule has 2 amide bonds. The van der Waals surface area contributed by atoms with Gasteiger partial charge in [0, 0.05) is 6.54 Å². The van der Waals surface area contributed by atoms with Crippen molar-refractivity contribution in [1.82, 2.24) is 4.90 Å². The highest BCUT2D eigenvalue weighted by Crippen LogP contribution is 2.29. The third-order valence-corrected chi connectivity index (χ3v) is 4.20. The summed E-state index contributed by atoms with van der Waals surface area (Å²) in [7, 11) is 0. The highest BCUT2D eigenvalue weighted by atomic mass is 16.5. The van der Waals surface area contributed by atoms with Gasteiger partial charge in [-0.15, -0.1) is 0 Å². The first-order valence-corrected chi connectivity index (χ1v) is 8.28. The quantitative estimate of drug-likeness (QED) is 0.897. The van der Waals surface area contributed by atoms with Gasteiger partial charge in [-0.2, -0.15) is 0 Å². The van der Waals surface area contributed by atoms with Crippen molar-refractivity contribution in [2.24, 2.45) is 0 Å². The van der Waals surface area contributed by atoms with Crippen LogP contribution in [0.5, 0.6) is 11.5 Å². The van der Waals surface area contributed by atoms with Crippen LogP contribution in [0, 0.1) is 0 Å². The van der Waals surface area contributed by atoms with Crippen molar-refractivity contribution < 1.29 is 14.6 Å². The number of amides is 2. The van der Waals surface area contributed by atoms with E-state index < -0.39 is 0 Å². The Morgan fingerprint density at radius 3 is 2.67 bits per heavy atom. The number of carbonyl (C=O) groups excluding carboxylic acids is 1. The van der Waals surface area contributed by atoms with Gasteiger partial charge in [0.25, 0.3) is 0 Å². The van der Waals surface area contributed by atoms with Crippen LogP contribution in [0.15, 0.2) is 54.6 Å². The van der Waals surface area contributed by atoms with E-state index >= 15 is 0 Å². The van der Waals surface area contributed by atoms with Gasteiger partial charge in [0.1, 0.15) is 5.75 Å². The van der Waals surface area contributed by atoms with Gasteiger partial charge in [-0.05, 0) is 43.5 Å². The maximum Gasteiger partial charge on any atom is 0.322 e. The molecule has 2 N–H and O–H groups in total. The second kappa shape index (κ2) is 7.84. The molecule has 0 bridgehead atoms. The SMILES string of the molecule is O=C(Nc1ccccc1Oc1ccccc1)N1CCCC[C@H]1CO. The third-order valence-electron chi connectivity index (χ3n) is 4.20. The maximum absolute atomic E-state index is 12.6. The lowest BCUT2D eigenvalue weighted by atomic mass is 10.0. The highest BCUT2D eigenvalue weighted by Gasteiger charge is 2.26. The van der Waals surface area contributed by atoms with Crippen LogP contribution in [0.4, 0.5) is 10.5 Å². The Labute approximate surface area is 141 Å². The number of rotatable bonds is 4. The molecule has 24 heavy (non-hydrogen) atoms. The zero-order valence-corrected chi connectivity index (χ0v) is 13.5. The topological polar surface area (TPSA) is 61.8 Å². The predicted molar refractivity (Wildman–Crippen MR) is 93.4 cm³/mol. The number of hydrogen-bond donors (Lipinski definition) is 2. The lowest BCUT2D eigenvalue weighted by Crippen LogP contribution is -2.47. The molecule has 1 aliphatic heterocycles. The second-order valence-electron chi connectivity index (χ2n) is 5.87. The van der Waals surface area contributed by atoms with Crippen LogP contribution < -0.4 is 10.1 Å². The van der Waals surface area contributed by atoms with Gasteiger partial charge in [0.15, 0.2) is 5.75 Å². The Hall–Kier alpha value is -2.53. The molecule has 0 aromatic heterocycles. The summed E-state index contributed by atoms with van der Waals surface area (Å²) >= 11 is 0. The second-order valence-corrected chi connectivity index (χ2v) is 5.87. The van der Waals surface area contributed by atoms with Gasteiger partial charge in [0.2, 0.25) is 0 Å². The van der Waals surface area contributed by atoms with E-state index in [1.807, 2.05) is 54.6 Å². The maximum atomic E-state index is 12.6. The van der Waals surface area contributed by atoms with Crippen LogP contribution in [-0.4, -0.2) is 35.2 Å². The summed E-state index contributed by atoms with van der Waals surface area (Å²) in [5.74, 6) is 1.31. The van der Waals surface area contributed by atoms with E-state index in [0.717, 1.165) is 19.3 Å². The van der Waals surface area contributed by atoms with Gasteiger partial charge < -0.3 is 20.1 Å². The minimum Gasteiger partial charge on any atom is -0.455 e. The van der Waals surface area contributed by atoms with Gasteiger partial charge in [-0.3, -0.25) is 0 Å². The number of ether oxygens (including phenoxy) is 1. The average Bonchev–Trinajstić information content (AvgIpc) is 2.64. The van der Waals surface area contributed by atoms with Gasteiger partial charge in [-0.25, -0.2) is 4.79 Å². The molecule has 0 aliphatic carbocycles. The molecule has 2 aromatic carbocycles. The van der Waals surface area contributed by atoms with Gasteiger partial charge in [0.05, 0.1) is 18.3 Å². The number of urea groups is 1. The lowest BCUT2D eigenvalue weighted by molar-refractivity contribution is 0.115. The van der Waals surface area contributed by atoms with Crippen LogP contribution in [0.1, 0.15) is 19.3 Å². The summed E-state index contributed by atoms with van der Waals surface area (Å²) in [6.45, 7) is 0.661. The van der Waals surface area contributed by atoms with E-state index in [2.05, 4.69) is 5.32 Å². The van der Waals surface area contributed by atoms with E-state index in [9.17, 15) is 9.90 Å². The molecule has 1 fully saturated rings. The summed E-state index contributed by atoms with van der Waals surface area (Å²) in [6, 6.07) is 16.5. The van der Waals surface area contributed by atoms with Crippen molar-refractivity contribution in [3.63, 3.8) is 0 Å².